The molecule has 0 saturated heterocycles. The van der Waals surface area contributed by atoms with Crippen molar-refractivity contribution in [2.24, 2.45) is 5.73 Å². The number of benzene rings is 1. The van der Waals surface area contributed by atoms with Crippen LogP contribution in [0.4, 0.5) is 0 Å². The first-order valence-corrected chi connectivity index (χ1v) is 6.82. The average molecular weight is 262 g/mol. The van der Waals surface area contributed by atoms with Gasteiger partial charge >= 0.3 is 0 Å². The van der Waals surface area contributed by atoms with E-state index in [4.69, 9.17) is 10.5 Å². The van der Waals surface area contributed by atoms with E-state index in [9.17, 15) is 0 Å². The van der Waals surface area contributed by atoms with Gasteiger partial charge in [-0.15, -0.1) is 11.3 Å². The molecule has 96 valence electrons. The van der Waals surface area contributed by atoms with Crippen molar-refractivity contribution in [2.75, 3.05) is 0 Å². The van der Waals surface area contributed by atoms with Crippen molar-refractivity contribution in [1.29, 1.82) is 0 Å². The van der Waals surface area contributed by atoms with Crippen molar-refractivity contribution in [2.45, 2.75) is 33.9 Å². The number of hydrogen-bond donors (Lipinski definition) is 1. The number of hydrogen-bond acceptors (Lipinski definition) is 4. The fraction of sp³-hybridized carbons (Fsp3) is 0.357. The number of ether oxygens (including phenoxy) is 1. The second-order valence-electron chi connectivity index (χ2n) is 4.38. The van der Waals surface area contributed by atoms with Crippen LogP contribution in [0.1, 0.15) is 27.4 Å². The van der Waals surface area contributed by atoms with Crippen molar-refractivity contribution < 1.29 is 4.74 Å². The van der Waals surface area contributed by atoms with E-state index in [0.717, 1.165) is 22.0 Å². The summed E-state index contributed by atoms with van der Waals surface area (Å²) in [6, 6.07) is 4.21. The molecule has 0 spiro atoms. The molecule has 2 aromatic rings. The molecule has 0 aliphatic carbocycles. The molecule has 0 aliphatic heterocycles. The highest BCUT2D eigenvalue weighted by molar-refractivity contribution is 7.09. The highest BCUT2D eigenvalue weighted by atomic mass is 32.1. The lowest BCUT2D eigenvalue weighted by Crippen LogP contribution is -2.01. The zero-order valence-electron chi connectivity index (χ0n) is 11.0. The first-order chi connectivity index (χ1) is 8.61. The smallest absolute Gasteiger partial charge is 0.131 e. The summed E-state index contributed by atoms with van der Waals surface area (Å²) in [6.45, 7) is 7.24. The Hall–Kier alpha value is -1.39. The minimum Gasteiger partial charge on any atom is -0.487 e. The van der Waals surface area contributed by atoms with Crippen LogP contribution in [-0.2, 0) is 13.2 Å². The minimum absolute atomic E-state index is 0.493. The van der Waals surface area contributed by atoms with Crippen LogP contribution in [-0.4, -0.2) is 4.98 Å². The van der Waals surface area contributed by atoms with Crippen molar-refractivity contribution in [1.82, 2.24) is 4.98 Å². The predicted octanol–water partition coefficient (Wildman–Crippen LogP) is 3.11. The van der Waals surface area contributed by atoms with Gasteiger partial charge in [0.2, 0.25) is 0 Å². The summed E-state index contributed by atoms with van der Waals surface area (Å²) in [5.41, 5.74) is 10.1. The quantitative estimate of drug-likeness (QED) is 0.921. The second kappa shape index (κ2) is 5.50. The van der Waals surface area contributed by atoms with Crippen LogP contribution in [0.5, 0.6) is 5.75 Å². The van der Waals surface area contributed by atoms with E-state index < -0.39 is 0 Å². The third-order valence-electron chi connectivity index (χ3n) is 3.01. The van der Waals surface area contributed by atoms with Crippen LogP contribution < -0.4 is 10.5 Å². The van der Waals surface area contributed by atoms with Gasteiger partial charge in [-0.05, 0) is 37.5 Å². The van der Waals surface area contributed by atoms with Crippen LogP contribution in [0.3, 0.4) is 0 Å². The van der Waals surface area contributed by atoms with Crippen molar-refractivity contribution in [3.63, 3.8) is 0 Å². The molecule has 2 rings (SSSR count). The van der Waals surface area contributed by atoms with Gasteiger partial charge in [-0.25, -0.2) is 4.98 Å². The maximum Gasteiger partial charge on any atom is 0.131 e. The third kappa shape index (κ3) is 2.71. The number of rotatable bonds is 4. The van der Waals surface area contributed by atoms with Crippen LogP contribution >= 0.6 is 11.3 Å². The Labute approximate surface area is 112 Å². The molecular weight excluding hydrogens is 244 g/mol. The Morgan fingerprint density at radius 2 is 1.94 bits per heavy atom. The molecule has 0 unspecified atom stereocenters. The normalized spacial score (nSPS) is 10.7. The van der Waals surface area contributed by atoms with Gasteiger partial charge in [0.15, 0.2) is 0 Å². The number of nitrogens with zero attached hydrogens (tertiary/aromatic N) is 1. The Morgan fingerprint density at radius 3 is 2.61 bits per heavy atom. The summed E-state index contributed by atoms with van der Waals surface area (Å²) >= 11 is 1.58. The second-order valence-corrected chi connectivity index (χ2v) is 5.32. The van der Waals surface area contributed by atoms with Gasteiger partial charge in [0.1, 0.15) is 17.4 Å². The van der Waals surface area contributed by atoms with Gasteiger partial charge < -0.3 is 10.5 Å². The lowest BCUT2D eigenvalue weighted by molar-refractivity contribution is 0.297. The van der Waals surface area contributed by atoms with Gasteiger partial charge in [0.25, 0.3) is 0 Å². The topological polar surface area (TPSA) is 48.1 Å². The molecule has 2 N–H and O–H groups in total. The zero-order valence-corrected chi connectivity index (χ0v) is 11.8. The summed E-state index contributed by atoms with van der Waals surface area (Å²) in [7, 11) is 0. The first kappa shape index (κ1) is 13.1. The fourth-order valence-electron chi connectivity index (χ4n) is 1.80. The van der Waals surface area contributed by atoms with E-state index in [1.165, 1.54) is 11.1 Å². The Morgan fingerprint density at radius 1 is 1.22 bits per heavy atom. The minimum atomic E-state index is 0.493. The predicted molar refractivity (Wildman–Crippen MR) is 75.0 cm³/mol. The van der Waals surface area contributed by atoms with E-state index in [0.29, 0.717) is 13.2 Å². The lowest BCUT2D eigenvalue weighted by Gasteiger charge is -2.13. The molecule has 0 saturated carbocycles. The first-order valence-electron chi connectivity index (χ1n) is 5.94. The highest BCUT2D eigenvalue weighted by Crippen LogP contribution is 2.26. The highest BCUT2D eigenvalue weighted by Gasteiger charge is 2.08. The monoisotopic (exact) mass is 262 g/mol. The summed E-state index contributed by atoms with van der Waals surface area (Å²) in [6.07, 6.45) is 0. The zero-order chi connectivity index (χ0) is 13.1. The molecule has 1 aromatic heterocycles. The van der Waals surface area contributed by atoms with Crippen LogP contribution in [0.25, 0.3) is 0 Å². The molecule has 0 bridgehead atoms. The SMILES string of the molecule is Cc1ccc(C)c(OCc2csc(CN)n2)c1C. The lowest BCUT2D eigenvalue weighted by atomic mass is 10.1. The Balaban J connectivity index is 2.12. The average Bonchev–Trinajstić information content (AvgIpc) is 2.82. The summed E-state index contributed by atoms with van der Waals surface area (Å²) in [5.74, 6) is 0.970. The summed E-state index contributed by atoms with van der Waals surface area (Å²) < 4.78 is 5.90. The van der Waals surface area contributed by atoms with Crippen molar-refractivity contribution >= 4 is 11.3 Å². The number of nitrogens with two attached hydrogens (primary N) is 1. The standard InChI is InChI=1S/C14H18N2OS/c1-9-4-5-10(2)14(11(9)3)17-7-12-8-18-13(6-15)16-12/h4-5,8H,6-7,15H2,1-3H3. The van der Waals surface area contributed by atoms with E-state index >= 15 is 0 Å². The molecule has 0 radical (unpaired) electrons. The molecule has 0 amide bonds. The summed E-state index contributed by atoms with van der Waals surface area (Å²) in [4.78, 5) is 4.39. The maximum absolute atomic E-state index is 5.90. The molecule has 1 aromatic carbocycles. The molecule has 4 heteroatoms. The van der Waals surface area contributed by atoms with Crippen molar-refractivity contribution in [3.05, 3.63) is 44.9 Å². The number of aryl methyl sites for hydroxylation is 2. The Kier molecular flexibility index (Phi) is 3.99. The molecule has 0 atom stereocenters. The molecule has 0 aliphatic rings. The Bertz CT molecular complexity index is 549. The molecular formula is C14H18N2OS. The fourth-order valence-corrected chi connectivity index (χ4v) is 2.46. The number of aromatic nitrogens is 1. The van der Waals surface area contributed by atoms with E-state index in [-0.39, 0.29) is 0 Å². The van der Waals surface area contributed by atoms with Crippen LogP contribution in [0.2, 0.25) is 0 Å². The maximum atomic E-state index is 5.90. The molecule has 3 nitrogen and oxygen atoms in total. The van der Waals surface area contributed by atoms with Gasteiger partial charge in [-0.3, -0.25) is 0 Å². The number of thiazole rings is 1. The van der Waals surface area contributed by atoms with E-state index in [1.54, 1.807) is 11.3 Å². The van der Waals surface area contributed by atoms with Crippen LogP contribution in [0.15, 0.2) is 17.5 Å². The van der Waals surface area contributed by atoms with Crippen LogP contribution in [0, 0.1) is 20.8 Å². The van der Waals surface area contributed by atoms with Gasteiger partial charge in [-0.2, -0.15) is 0 Å². The summed E-state index contributed by atoms with van der Waals surface area (Å²) in [5, 5.41) is 2.95. The molecule has 1 heterocycles. The van der Waals surface area contributed by atoms with Gasteiger partial charge in [0.05, 0.1) is 5.69 Å². The van der Waals surface area contributed by atoms with Gasteiger partial charge in [0, 0.05) is 11.9 Å². The van der Waals surface area contributed by atoms with E-state index in [1.807, 2.05) is 5.38 Å². The van der Waals surface area contributed by atoms with E-state index in [2.05, 4.69) is 37.9 Å². The van der Waals surface area contributed by atoms with Gasteiger partial charge in [-0.1, -0.05) is 12.1 Å². The molecule has 0 fully saturated rings. The third-order valence-corrected chi connectivity index (χ3v) is 3.93. The van der Waals surface area contributed by atoms with Crippen molar-refractivity contribution in [3.8, 4) is 5.75 Å². The molecule has 18 heavy (non-hydrogen) atoms. The largest absolute Gasteiger partial charge is 0.487 e.